The first-order valence-corrected chi connectivity index (χ1v) is 8.22. The summed E-state index contributed by atoms with van der Waals surface area (Å²) in [6.45, 7) is 2.08. The van der Waals surface area contributed by atoms with E-state index in [4.69, 9.17) is 9.15 Å². The van der Waals surface area contributed by atoms with Gasteiger partial charge in [-0.25, -0.2) is 0 Å². The first-order valence-electron chi connectivity index (χ1n) is 8.22. The van der Waals surface area contributed by atoms with Gasteiger partial charge in [-0.3, -0.25) is 0 Å². The molecule has 0 amide bonds. The standard InChI is InChI=1S/C21H18O2/c1-13-17-12-18-16-10-6-5-9-15(16)11-19(23-18)20(17)21(22-13)14-7-3-2-4-8-14/h2-10,18-19H,11-12H2,1H3/t18-,19-/m1/s1. The van der Waals surface area contributed by atoms with Crippen molar-refractivity contribution in [3.63, 3.8) is 0 Å². The van der Waals surface area contributed by atoms with Crippen molar-refractivity contribution in [2.45, 2.75) is 32.0 Å². The van der Waals surface area contributed by atoms with E-state index in [0.717, 1.165) is 29.9 Å². The van der Waals surface area contributed by atoms with E-state index in [9.17, 15) is 0 Å². The quantitative estimate of drug-likeness (QED) is 0.619. The van der Waals surface area contributed by atoms with Crippen LogP contribution < -0.4 is 0 Å². The van der Waals surface area contributed by atoms with Crippen molar-refractivity contribution in [1.29, 1.82) is 0 Å². The van der Waals surface area contributed by atoms with Crippen LogP contribution in [0.25, 0.3) is 11.3 Å². The minimum atomic E-state index is 0.103. The highest BCUT2D eigenvalue weighted by Crippen LogP contribution is 2.49. The van der Waals surface area contributed by atoms with Gasteiger partial charge in [-0.15, -0.1) is 0 Å². The summed E-state index contributed by atoms with van der Waals surface area (Å²) in [5, 5.41) is 0. The average Bonchev–Trinajstić information content (AvgIpc) is 2.93. The lowest BCUT2D eigenvalue weighted by Crippen LogP contribution is -2.27. The third-order valence-electron chi connectivity index (χ3n) is 5.13. The Balaban J connectivity index is 1.67. The van der Waals surface area contributed by atoms with Crippen LogP contribution in [0.4, 0.5) is 0 Å². The Kier molecular flexibility index (Phi) is 2.77. The molecule has 5 rings (SSSR count). The van der Waals surface area contributed by atoms with E-state index in [-0.39, 0.29) is 12.2 Å². The zero-order valence-corrected chi connectivity index (χ0v) is 13.1. The number of benzene rings is 2. The molecule has 2 nitrogen and oxygen atoms in total. The molecule has 0 radical (unpaired) electrons. The normalized spacial score (nSPS) is 21.6. The molecule has 0 spiro atoms. The van der Waals surface area contributed by atoms with Gasteiger partial charge >= 0.3 is 0 Å². The fraction of sp³-hybridized carbons (Fsp3) is 0.238. The molecule has 3 heterocycles. The Hall–Kier alpha value is -2.32. The Morgan fingerprint density at radius 2 is 1.65 bits per heavy atom. The maximum absolute atomic E-state index is 6.39. The number of rotatable bonds is 1. The Bertz CT molecular complexity index is 876. The molecule has 2 bridgehead atoms. The van der Waals surface area contributed by atoms with Gasteiger partial charge in [-0.05, 0) is 18.1 Å². The molecular formula is C21H18O2. The molecule has 23 heavy (non-hydrogen) atoms. The maximum atomic E-state index is 6.39. The number of fused-ring (bicyclic) bond motifs is 6. The fourth-order valence-corrected chi connectivity index (χ4v) is 4.06. The van der Waals surface area contributed by atoms with Crippen LogP contribution in [-0.2, 0) is 17.6 Å². The highest BCUT2D eigenvalue weighted by molar-refractivity contribution is 5.66. The van der Waals surface area contributed by atoms with Crippen molar-refractivity contribution < 1.29 is 9.15 Å². The predicted molar refractivity (Wildman–Crippen MR) is 89.3 cm³/mol. The number of hydrogen-bond acceptors (Lipinski definition) is 2. The van der Waals surface area contributed by atoms with Crippen LogP contribution >= 0.6 is 0 Å². The number of furan rings is 1. The summed E-state index contributed by atoms with van der Waals surface area (Å²) in [6.07, 6.45) is 2.10. The van der Waals surface area contributed by atoms with Gasteiger partial charge in [-0.2, -0.15) is 0 Å². The first-order chi connectivity index (χ1) is 11.3. The third-order valence-corrected chi connectivity index (χ3v) is 5.13. The van der Waals surface area contributed by atoms with Crippen molar-refractivity contribution in [3.05, 3.63) is 82.6 Å². The Labute approximate surface area is 135 Å². The largest absolute Gasteiger partial charge is 0.461 e. The Morgan fingerprint density at radius 3 is 2.52 bits per heavy atom. The molecule has 2 atom stereocenters. The van der Waals surface area contributed by atoms with E-state index in [1.165, 1.54) is 22.3 Å². The lowest BCUT2D eigenvalue weighted by Gasteiger charge is -2.37. The zero-order chi connectivity index (χ0) is 15.4. The van der Waals surface area contributed by atoms with Crippen molar-refractivity contribution in [2.24, 2.45) is 0 Å². The maximum Gasteiger partial charge on any atom is 0.140 e. The van der Waals surface area contributed by atoms with Crippen LogP contribution in [0, 0.1) is 6.92 Å². The van der Waals surface area contributed by atoms with Gasteiger partial charge in [0.15, 0.2) is 0 Å². The molecule has 2 aromatic carbocycles. The van der Waals surface area contributed by atoms with E-state index >= 15 is 0 Å². The van der Waals surface area contributed by atoms with Gasteiger partial charge in [0.2, 0.25) is 0 Å². The fourth-order valence-electron chi connectivity index (χ4n) is 4.06. The van der Waals surface area contributed by atoms with Crippen LogP contribution in [0.15, 0.2) is 59.0 Å². The molecule has 0 saturated carbocycles. The van der Waals surface area contributed by atoms with Crippen LogP contribution in [0.1, 0.15) is 40.2 Å². The van der Waals surface area contributed by atoms with Crippen LogP contribution in [0.5, 0.6) is 0 Å². The summed E-state index contributed by atoms with van der Waals surface area (Å²) in [5.74, 6) is 2.03. The molecule has 1 aromatic heterocycles. The highest BCUT2D eigenvalue weighted by Gasteiger charge is 2.39. The van der Waals surface area contributed by atoms with Gasteiger partial charge in [0.05, 0.1) is 12.2 Å². The SMILES string of the molecule is Cc1oc(-c2ccccc2)c2c1C[C@H]1O[C@@H]2Cc2ccccc21. The number of ether oxygens (including phenoxy) is 1. The van der Waals surface area contributed by atoms with Gasteiger partial charge in [0.1, 0.15) is 11.5 Å². The minimum absolute atomic E-state index is 0.103. The van der Waals surface area contributed by atoms with Crippen molar-refractivity contribution in [2.75, 3.05) is 0 Å². The van der Waals surface area contributed by atoms with E-state index in [1.54, 1.807) is 0 Å². The monoisotopic (exact) mass is 302 g/mol. The number of hydrogen-bond donors (Lipinski definition) is 0. The molecule has 114 valence electrons. The van der Waals surface area contributed by atoms with Crippen molar-refractivity contribution in [1.82, 2.24) is 0 Å². The van der Waals surface area contributed by atoms with Crippen molar-refractivity contribution >= 4 is 0 Å². The van der Waals surface area contributed by atoms with Gasteiger partial charge < -0.3 is 9.15 Å². The van der Waals surface area contributed by atoms with Gasteiger partial charge in [0.25, 0.3) is 0 Å². The Morgan fingerprint density at radius 1 is 0.870 bits per heavy atom. The van der Waals surface area contributed by atoms with E-state index in [0.29, 0.717) is 0 Å². The molecule has 0 fully saturated rings. The molecule has 2 aliphatic heterocycles. The topological polar surface area (TPSA) is 22.4 Å². The van der Waals surface area contributed by atoms with Gasteiger partial charge in [0, 0.05) is 29.5 Å². The summed E-state index contributed by atoms with van der Waals surface area (Å²) in [6, 6.07) is 19.0. The second-order valence-electron chi connectivity index (χ2n) is 6.47. The summed E-state index contributed by atoms with van der Waals surface area (Å²) >= 11 is 0. The van der Waals surface area contributed by atoms with E-state index in [1.807, 2.05) is 6.07 Å². The zero-order valence-electron chi connectivity index (χ0n) is 13.1. The van der Waals surface area contributed by atoms with E-state index in [2.05, 4.69) is 55.5 Å². The summed E-state index contributed by atoms with van der Waals surface area (Å²) in [7, 11) is 0. The van der Waals surface area contributed by atoms with E-state index < -0.39 is 0 Å². The predicted octanol–water partition coefficient (Wildman–Crippen LogP) is 5.17. The second-order valence-corrected chi connectivity index (χ2v) is 6.47. The van der Waals surface area contributed by atoms with Crippen LogP contribution in [0.2, 0.25) is 0 Å². The second kappa shape index (κ2) is 4.84. The minimum Gasteiger partial charge on any atom is -0.461 e. The molecule has 3 aromatic rings. The molecule has 0 N–H and O–H groups in total. The molecule has 0 unspecified atom stereocenters. The lowest BCUT2D eigenvalue weighted by atomic mass is 9.82. The summed E-state index contributed by atoms with van der Waals surface area (Å²) in [4.78, 5) is 0. The molecular weight excluding hydrogens is 284 g/mol. The molecule has 0 saturated heterocycles. The smallest absolute Gasteiger partial charge is 0.140 e. The summed E-state index contributed by atoms with van der Waals surface area (Å²) in [5.41, 5.74) is 6.50. The molecule has 0 aliphatic carbocycles. The third kappa shape index (κ3) is 1.91. The van der Waals surface area contributed by atoms with Crippen LogP contribution in [0.3, 0.4) is 0 Å². The lowest BCUT2D eigenvalue weighted by molar-refractivity contribution is -0.0386. The van der Waals surface area contributed by atoms with Crippen LogP contribution in [-0.4, -0.2) is 0 Å². The first kappa shape index (κ1) is 13.1. The summed E-state index contributed by atoms with van der Waals surface area (Å²) < 4.78 is 12.6. The number of aryl methyl sites for hydroxylation is 1. The average molecular weight is 302 g/mol. The van der Waals surface area contributed by atoms with Crippen molar-refractivity contribution in [3.8, 4) is 11.3 Å². The molecule has 2 heteroatoms. The molecule has 2 aliphatic rings. The highest BCUT2D eigenvalue weighted by atomic mass is 16.5. The van der Waals surface area contributed by atoms with Gasteiger partial charge in [-0.1, -0.05) is 54.6 Å².